The van der Waals surface area contributed by atoms with Crippen LogP contribution in [0.5, 0.6) is 11.5 Å². The molecule has 0 atom stereocenters. The lowest BCUT2D eigenvalue weighted by molar-refractivity contribution is 0.185. The average molecular weight is 430 g/mol. The molecule has 0 radical (unpaired) electrons. The summed E-state index contributed by atoms with van der Waals surface area (Å²) in [6.45, 7) is 3.09. The van der Waals surface area contributed by atoms with E-state index in [4.69, 9.17) is 14.2 Å². The molecule has 6 heteroatoms. The summed E-state index contributed by atoms with van der Waals surface area (Å²) in [5.74, 6) is 2.74. The third kappa shape index (κ3) is 4.50. The van der Waals surface area contributed by atoms with Crippen molar-refractivity contribution < 1.29 is 14.2 Å². The molecule has 32 heavy (non-hydrogen) atoms. The first-order chi connectivity index (χ1) is 15.6. The number of aromatic nitrogens is 2. The van der Waals surface area contributed by atoms with Crippen LogP contribution in [0.25, 0.3) is 22.0 Å². The van der Waals surface area contributed by atoms with Crippen molar-refractivity contribution in [3.63, 3.8) is 0 Å². The van der Waals surface area contributed by atoms with Crippen LogP contribution in [-0.4, -0.2) is 31.3 Å². The number of fused-ring (bicyclic) bond motifs is 1. The molecule has 164 valence electrons. The second kappa shape index (κ2) is 9.66. The second-order valence-electron chi connectivity index (χ2n) is 7.49. The summed E-state index contributed by atoms with van der Waals surface area (Å²) in [5.41, 5.74) is 5.46. The van der Waals surface area contributed by atoms with E-state index in [1.54, 1.807) is 21.3 Å². The molecule has 4 rings (SSSR count). The number of ether oxygens (including phenoxy) is 3. The molecule has 6 nitrogen and oxygen atoms in total. The molecule has 3 aromatic carbocycles. The molecule has 0 bridgehead atoms. The van der Waals surface area contributed by atoms with Crippen molar-refractivity contribution >= 4 is 16.7 Å². The summed E-state index contributed by atoms with van der Waals surface area (Å²) in [6.07, 6.45) is 0. The minimum absolute atomic E-state index is 0.580. The number of methoxy groups -OCH3 is 3. The molecule has 0 unspecified atom stereocenters. The van der Waals surface area contributed by atoms with E-state index < -0.39 is 0 Å². The Labute approximate surface area is 188 Å². The van der Waals surface area contributed by atoms with Crippen LogP contribution in [0.1, 0.15) is 17.0 Å². The van der Waals surface area contributed by atoms with Crippen LogP contribution in [0.15, 0.2) is 60.7 Å². The normalized spacial score (nSPS) is 10.9. The number of hydrogen-bond acceptors (Lipinski definition) is 6. The van der Waals surface area contributed by atoms with Crippen molar-refractivity contribution in [2.24, 2.45) is 0 Å². The molecule has 0 fully saturated rings. The SMILES string of the molecule is COCc1ccccc1-c1cccc(CNc2nc(C)nc3cc(OC)c(OC)cc23)c1. The maximum atomic E-state index is 5.47. The molecule has 0 amide bonds. The highest BCUT2D eigenvalue weighted by Crippen LogP contribution is 2.34. The molecule has 0 saturated carbocycles. The van der Waals surface area contributed by atoms with E-state index in [9.17, 15) is 0 Å². The predicted octanol–water partition coefficient (Wildman–Crippen LogP) is 5.38. The summed E-state index contributed by atoms with van der Waals surface area (Å²) in [5, 5.41) is 4.36. The number of anilines is 1. The van der Waals surface area contributed by atoms with E-state index in [1.165, 1.54) is 11.1 Å². The van der Waals surface area contributed by atoms with Gasteiger partial charge < -0.3 is 19.5 Å². The van der Waals surface area contributed by atoms with E-state index in [0.717, 1.165) is 27.8 Å². The van der Waals surface area contributed by atoms with Crippen molar-refractivity contribution in [2.75, 3.05) is 26.6 Å². The third-order valence-corrected chi connectivity index (χ3v) is 5.33. The van der Waals surface area contributed by atoms with Crippen molar-refractivity contribution in [3.05, 3.63) is 77.6 Å². The summed E-state index contributed by atoms with van der Waals surface area (Å²) in [7, 11) is 4.96. The van der Waals surface area contributed by atoms with Crippen LogP contribution in [0.4, 0.5) is 5.82 Å². The molecule has 0 saturated heterocycles. The fourth-order valence-corrected chi connectivity index (χ4v) is 3.82. The van der Waals surface area contributed by atoms with Crippen molar-refractivity contribution in [3.8, 4) is 22.6 Å². The van der Waals surface area contributed by atoms with Gasteiger partial charge >= 0.3 is 0 Å². The van der Waals surface area contributed by atoms with Gasteiger partial charge in [-0.15, -0.1) is 0 Å². The van der Waals surface area contributed by atoms with Gasteiger partial charge in [0.2, 0.25) is 0 Å². The average Bonchev–Trinajstić information content (AvgIpc) is 2.82. The van der Waals surface area contributed by atoms with E-state index in [2.05, 4.69) is 57.7 Å². The first kappa shape index (κ1) is 21.6. The molecule has 0 aliphatic carbocycles. The van der Waals surface area contributed by atoms with Crippen LogP contribution >= 0.6 is 0 Å². The van der Waals surface area contributed by atoms with Gasteiger partial charge in [0.15, 0.2) is 11.5 Å². The van der Waals surface area contributed by atoms with Gasteiger partial charge in [-0.1, -0.05) is 42.5 Å². The fourth-order valence-electron chi connectivity index (χ4n) is 3.82. The van der Waals surface area contributed by atoms with Gasteiger partial charge in [0.25, 0.3) is 0 Å². The van der Waals surface area contributed by atoms with Gasteiger partial charge in [0, 0.05) is 25.1 Å². The topological polar surface area (TPSA) is 65.5 Å². The van der Waals surface area contributed by atoms with Crippen molar-refractivity contribution in [1.29, 1.82) is 0 Å². The van der Waals surface area contributed by atoms with Gasteiger partial charge in [0.05, 0.1) is 26.3 Å². The Kier molecular flexibility index (Phi) is 6.52. The van der Waals surface area contributed by atoms with E-state index in [0.29, 0.717) is 30.5 Å². The fraction of sp³-hybridized carbons (Fsp3) is 0.231. The molecule has 1 N–H and O–H groups in total. The van der Waals surface area contributed by atoms with Crippen molar-refractivity contribution in [1.82, 2.24) is 9.97 Å². The third-order valence-electron chi connectivity index (χ3n) is 5.33. The van der Waals surface area contributed by atoms with Crippen LogP contribution in [-0.2, 0) is 17.9 Å². The van der Waals surface area contributed by atoms with Gasteiger partial charge in [-0.3, -0.25) is 0 Å². The minimum atomic E-state index is 0.580. The smallest absolute Gasteiger partial charge is 0.162 e. The monoisotopic (exact) mass is 429 g/mol. The van der Waals surface area contributed by atoms with Crippen LogP contribution in [0.2, 0.25) is 0 Å². The highest BCUT2D eigenvalue weighted by Gasteiger charge is 2.12. The largest absolute Gasteiger partial charge is 0.493 e. The summed E-state index contributed by atoms with van der Waals surface area (Å²) in [6, 6.07) is 20.6. The molecule has 1 aromatic heterocycles. The van der Waals surface area contributed by atoms with Gasteiger partial charge in [-0.05, 0) is 41.3 Å². The summed E-state index contributed by atoms with van der Waals surface area (Å²) >= 11 is 0. The molecule has 0 aliphatic rings. The zero-order chi connectivity index (χ0) is 22.5. The maximum Gasteiger partial charge on any atom is 0.162 e. The Hall–Kier alpha value is -3.64. The molecule has 0 aliphatic heterocycles. The van der Waals surface area contributed by atoms with E-state index in [-0.39, 0.29) is 0 Å². The summed E-state index contributed by atoms with van der Waals surface area (Å²) < 4.78 is 16.3. The molecule has 1 heterocycles. The van der Waals surface area contributed by atoms with E-state index >= 15 is 0 Å². The lowest BCUT2D eigenvalue weighted by Gasteiger charge is -2.14. The molecular weight excluding hydrogens is 402 g/mol. The zero-order valence-corrected chi connectivity index (χ0v) is 18.8. The lowest BCUT2D eigenvalue weighted by atomic mass is 9.98. The first-order valence-electron chi connectivity index (χ1n) is 10.4. The van der Waals surface area contributed by atoms with Gasteiger partial charge in [0.1, 0.15) is 11.6 Å². The number of rotatable bonds is 8. The van der Waals surface area contributed by atoms with E-state index in [1.807, 2.05) is 25.1 Å². The van der Waals surface area contributed by atoms with Crippen LogP contribution < -0.4 is 14.8 Å². The Balaban J connectivity index is 1.64. The summed E-state index contributed by atoms with van der Waals surface area (Å²) in [4.78, 5) is 9.19. The van der Waals surface area contributed by atoms with Crippen LogP contribution in [0.3, 0.4) is 0 Å². The van der Waals surface area contributed by atoms with Gasteiger partial charge in [-0.2, -0.15) is 0 Å². The Bertz CT molecular complexity index is 1240. The van der Waals surface area contributed by atoms with Crippen LogP contribution in [0, 0.1) is 6.92 Å². The minimum Gasteiger partial charge on any atom is -0.493 e. The molecule has 4 aromatic rings. The van der Waals surface area contributed by atoms with Gasteiger partial charge in [-0.25, -0.2) is 9.97 Å². The number of benzene rings is 3. The van der Waals surface area contributed by atoms with Crippen molar-refractivity contribution in [2.45, 2.75) is 20.1 Å². The predicted molar refractivity (Wildman–Crippen MR) is 127 cm³/mol. The Morgan fingerprint density at radius 2 is 1.62 bits per heavy atom. The highest BCUT2D eigenvalue weighted by molar-refractivity contribution is 5.91. The highest BCUT2D eigenvalue weighted by atomic mass is 16.5. The maximum absolute atomic E-state index is 5.47. The Morgan fingerprint density at radius 1 is 0.844 bits per heavy atom. The second-order valence-corrected chi connectivity index (χ2v) is 7.49. The quantitative estimate of drug-likeness (QED) is 0.406. The number of nitrogens with one attached hydrogen (secondary N) is 1. The molecule has 0 spiro atoms. The number of hydrogen-bond donors (Lipinski definition) is 1. The Morgan fingerprint density at radius 3 is 2.41 bits per heavy atom. The first-order valence-corrected chi connectivity index (χ1v) is 10.4. The zero-order valence-electron chi connectivity index (χ0n) is 18.8. The lowest BCUT2D eigenvalue weighted by Crippen LogP contribution is -2.05. The number of aryl methyl sites for hydroxylation is 1. The molecular formula is C26H27N3O3. The number of nitrogens with zero attached hydrogens (tertiary/aromatic N) is 2. The standard InChI is InChI=1S/C26H27N3O3/c1-17-28-23-14-25(32-4)24(31-3)13-22(23)26(29-17)27-15-18-8-7-10-19(12-18)21-11-6-5-9-20(21)16-30-2/h5-14H,15-16H2,1-4H3,(H,27,28,29).